The molecule has 0 radical (unpaired) electrons. The third kappa shape index (κ3) is 5.06. The highest BCUT2D eigenvalue weighted by molar-refractivity contribution is 6.33. The zero-order valence-corrected chi connectivity index (χ0v) is 11.9. The molecule has 0 aliphatic heterocycles. The molecular weight excluding hydrogens is 266 g/mol. The average molecular weight is 286 g/mol. The first-order valence-electron chi connectivity index (χ1n) is 6.13. The second-order valence-electron chi connectivity index (χ2n) is 4.57. The molecule has 0 aromatic heterocycles. The van der Waals surface area contributed by atoms with E-state index in [1.165, 1.54) is 0 Å². The number of nitrogens with two attached hydrogens (primary N) is 1. The van der Waals surface area contributed by atoms with Crippen LogP contribution in [0.2, 0.25) is 5.02 Å². The van der Waals surface area contributed by atoms with Crippen molar-refractivity contribution in [2.75, 3.05) is 30.7 Å². The lowest BCUT2D eigenvalue weighted by molar-refractivity contribution is -0.117. The summed E-state index contributed by atoms with van der Waals surface area (Å²) in [6.07, 6.45) is 0. The molecule has 0 bridgehead atoms. The van der Waals surface area contributed by atoms with E-state index in [1.54, 1.807) is 18.2 Å². The number of benzene rings is 1. The quantitative estimate of drug-likeness (QED) is 0.693. The second-order valence-corrected chi connectivity index (χ2v) is 4.98. The highest BCUT2D eigenvalue weighted by atomic mass is 35.5. The number of hydrogen-bond acceptors (Lipinski definition) is 4. The van der Waals surface area contributed by atoms with Crippen molar-refractivity contribution in [2.24, 2.45) is 0 Å². The molecule has 1 rings (SSSR count). The fourth-order valence-electron chi connectivity index (χ4n) is 1.65. The molecule has 0 saturated heterocycles. The Morgan fingerprint density at radius 3 is 2.74 bits per heavy atom. The molecule has 4 N–H and O–H groups in total. The summed E-state index contributed by atoms with van der Waals surface area (Å²) in [4.78, 5) is 13.8. The average Bonchev–Trinajstić information content (AvgIpc) is 2.33. The number of rotatable bonds is 6. The molecule has 106 valence electrons. The normalized spacial score (nSPS) is 11.1. The van der Waals surface area contributed by atoms with Gasteiger partial charge in [0, 0.05) is 18.3 Å². The van der Waals surface area contributed by atoms with Gasteiger partial charge in [0.15, 0.2) is 0 Å². The van der Waals surface area contributed by atoms with E-state index in [4.69, 9.17) is 22.4 Å². The van der Waals surface area contributed by atoms with Crippen molar-refractivity contribution in [1.29, 1.82) is 0 Å². The summed E-state index contributed by atoms with van der Waals surface area (Å²) >= 11 is 5.81. The second kappa shape index (κ2) is 7.33. The maximum atomic E-state index is 11.9. The van der Waals surface area contributed by atoms with Gasteiger partial charge in [0.05, 0.1) is 23.9 Å². The predicted molar refractivity (Wildman–Crippen MR) is 78.3 cm³/mol. The van der Waals surface area contributed by atoms with E-state index in [1.807, 2.05) is 18.7 Å². The molecule has 1 aromatic rings. The summed E-state index contributed by atoms with van der Waals surface area (Å²) in [5.41, 5.74) is 6.70. The van der Waals surface area contributed by atoms with Crippen LogP contribution in [0.3, 0.4) is 0 Å². The van der Waals surface area contributed by atoms with Gasteiger partial charge in [0.25, 0.3) is 0 Å². The Morgan fingerprint density at radius 1 is 1.53 bits per heavy atom. The number of anilines is 2. The SMILES string of the molecule is CC(C)N(CCO)CC(=O)Nc1ccc(Cl)c(N)c1. The largest absolute Gasteiger partial charge is 0.397 e. The maximum absolute atomic E-state index is 11.9. The van der Waals surface area contributed by atoms with Gasteiger partial charge in [-0.15, -0.1) is 0 Å². The molecule has 0 atom stereocenters. The first kappa shape index (κ1) is 15.8. The number of carbonyl (C=O) groups is 1. The van der Waals surface area contributed by atoms with E-state index in [2.05, 4.69) is 5.32 Å². The smallest absolute Gasteiger partial charge is 0.238 e. The first-order valence-corrected chi connectivity index (χ1v) is 6.51. The van der Waals surface area contributed by atoms with Crippen LogP contribution < -0.4 is 11.1 Å². The van der Waals surface area contributed by atoms with Gasteiger partial charge in [-0.2, -0.15) is 0 Å². The fourth-order valence-corrected chi connectivity index (χ4v) is 1.77. The fraction of sp³-hybridized carbons (Fsp3) is 0.462. The molecule has 0 fully saturated rings. The van der Waals surface area contributed by atoms with Crippen LogP contribution in [0.1, 0.15) is 13.8 Å². The van der Waals surface area contributed by atoms with Gasteiger partial charge in [-0.05, 0) is 32.0 Å². The van der Waals surface area contributed by atoms with Crippen LogP contribution in [0.15, 0.2) is 18.2 Å². The molecule has 5 nitrogen and oxygen atoms in total. The zero-order chi connectivity index (χ0) is 14.4. The molecule has 0 unspecified atom stereocenters. The van der Waals surface area contributed by atoms with Crippen LogP contribution in [-0.2, 0) is 4.79 Å². The number of nitrogens with one attached hydrogen (secondary N) is 1. The molecule has 6 heteroatoms. The molecule has 0 spiro atoms. The minimum atomic E-state index is -0.149. The lowest BCUT2D eigenvalue weighted by Crippen LogP contribution is -2.39. The number of nitrogen functional groups attached to an aromatic ring is 1. The van der Waals surface area contributed by atoms with Crippen molar-refractivity contribution < 1.29 is 9.90 Å². The van der Waals surface area contributed by atoms with E-state index in [0.717, 1.165) is 0 Å². The Morgan fingerprint density at radius 2 is 2.21 bits per heavy atom. The van der Waals surface area contributed by atoms with Crippen LogP contribution in [0.4, 0.5) is 11.4 Å². The van der Waals surface area contributed by atoms with E-state index >= 15 is 0 Å². The number of carbonyl (C=O) groups excluding carboxylic acids is 1. The predicted octanol–water partition coefficient (Wildman–Crippen LogP) is 1.56. The molecule has 1 amide bonds. The molecule has 0 saturated carbocycles. The molecule has 1 aromatic carbocycles. The Bertz CT molecular complexity index is 438. The van der Waals surface area contributed by atoms with Gasteiger partial charge in [0.2, 0.25) is 5.91 Å². The van der Waals surface area contributed by atoms with Crippen molar-refractivity contribution >= 4 is 28.9 Å². The van der Waals surface area contributed by atoms with Crippen molar-refractivity contribution in [3.63, 3.8) is 0 Å². The molecule has 0 aliphatic rings. The number of halogens is 1. The Kier molecular flexibility index (Phi) is 6.08. The maximum Gasteiger partial charge on any atom is 0.238 e. The van der Waals surface area contributed by atoms with Crippen molar-refractivity contribution in [1.82, 2.24) is 4.90 Å². The molecular formula is C13H20ClN3O2. The number of aliphatic hydroxyl groups is 1. The van der Waals surface area contributed by atoms with Gasteiger partial charge in [-0.3, -0.25) is 9.69 Å². The van der Waals surface area contributed by atoms with Gasteiger partial charge in [-0.1, -0.05) is 11.6 Å². The van der Waals surface area contributed by atoms with E-state index in [-0.39, 0.29) is 25.1 Å². The van der Waals surface area contributed by atoms with Crippen LogP contribution in [0.5, 0.6) is 0 Å². The summed E-state index contributed by atoms with van der Waals surface area (Å²) < 4.78 is 0. The Balaban J connectivity index is 2.61. The van der Waals surface area contributed by atoms with Crippen molar-refractivity contribution in [2.45, 2.75) is 19.9 Å². The zero-order valence-electron chi connectivity index (χ0n) is 11.2. The van der Waals surface area contributed by atoms with Crippen LogP contribution in [-0.4, -0.2) is 41.7 Å². The molecule has 19 heavy (non-hydrogen) atoms. The van der Waals surface area contributed by atoms with Crippen molar-refractivity contribution in [3.05, 3.63) is 23.2 Å². The summed E-state index contributed by atoms with van der Waals surface area (Å²) in [5.74, 6) is -0.149. The summed E-state index contributed by atoms with van der Waals surface area (Å²) in [6, 6.07) is 5.14. The van der Waals surface area contributed by atoms with Gasteiger partial charge in [0.1, 0.15) is 0 Å². The highest BCUT2D eigenvalue weighted by Crippen LogP contribution is 2.22. The van der Waals surface area contributed by atoms with Gasteiger partial charge < -0.3 is 16.2 Å². The van der Waals surface area contributed by atoms with Crippen molar-refractivity contribution in [3.8, 4) is 0 Å². The topological polar surface area (TPSA) is 78.6 Å². The monoisotopic (exact) mass is 285 g/mol. The summed E-state index contributed by atoms with van der Waals surface area (Å²) in [6.45, 7) is 4.67. The first-order chi connectivity index (χ1) is 8.93. The third-order valence-corrected chi connectivity index (χ3v) is 3.09. The lowest BCUT2D eigenvalue weighted by atomic mass is 10.2. The Hall–Kier alpha value is -1.30. The van der Waals surface area contributed by atoms with Gasteiger partial charge in [-0.25, -0.2) is 0 Å². The number of aliphatic hydroxyl groups excluding tert-OH is 1. The van der Waals surface area contributed by atoms with Crippen LogP contribution >= 0.6 is 11.6 Å². The summed E-state index contributed by atoms with van der Waals surface area (Å²) in [5, 5.41) is 12.2. The van der Waals surface area contributed by atoms with E-state index in [0.29, 0.717) is 22.9 Å². The Labute approximate surface area is 118 Å². The number of amides is 1. The van der Waals surface area contributed by atoms with E-state index < -0.39 is 0 Å². The molecule has 0 aliphatic carbocycles. The van der Waals surface area contributed by atoms with E-state index in [9.17, 15) is 4.79 Å². The number of hydrogen-bond donors (Lipinski definition) is 3. The standard InChI is InChI=1S/C13H20ClN3O2/c1-9(2)17(5-6-18)8-13(19)16-10-3-4-11(14)12(15)7-10/h3-4,7,9,18H,5-6,8,15H2,1-2H3,(H,16,19). The summed E-state index contributed by atoms with van der Waals surface area (Å²) in [7, 11) is 0. The van der Waals surface area contributed by atoms with Crippen LogP contribution in [0, 0.1) is 0 Å². The molecule has 0 heterocycles. The minimum Gasteiger partial charge on any atom is -0.397 e. The number of nitrogens with zero attached hydrogens (tertiary/aromatic N) is 1. The highest BCUT2D eigenvalue weighted by Gasteiger charge is 2.13. The van der Waals surface area contributed by atoms with Crippen LogP contribution in [0.25, 0.3) is 0 Å². The van der Waals surface area contributed by atoms with Gasteiger partial charge >= 0.3 is 0 Å². The third-order valence-electron chi connectivity index (χ3n) is 2.74. The minimum absolute atomic E-state index is 0.0271. The lowest BCUT2D eigenvalue weighted by Gasteiger charge is -2.24.